The molecule has 1 heterocycles. The predicted octanol–water partition coefficient (Wildman–Crippen LogP) is 1.40. The van der Waals surface area contributed by atoms with E-state index in [0.29, 0.717) is 12.6 Å². The van der Waals surface area contributed by atoms with Gasteiger partial charge in [-0.1, -0.05) is 6.92 Å². The van der Waals surface area contributed by atoms with Crippen molar-refractivity contribution in [2.75, 3.05) is 26.2 Å². The summed E-state index contributed by atoms with van der Waals surface area (Å²) in [5.41, 5.74) is 0. The SMILES string of the molecule is CC1CCC(NC(=O)CN2CCOC(C)C2)CC1. The van der Waals surface area contributed by atoms with Crippen LogP contribution >= 0.6 is 0 Å². The average Bonchev–Trinajstić information content (AvgIpc) is 2.32. The summed E-state index contributed by atoms with van der Waals surface area (Å²) in [6, 6.07) is 0.409. The van der Waals surface area contributed by atoms with E-state index in [0.717, 1.165) is 38.5 Å². The summed E-state index contributed by atoms with van der Waals surface area (Å²) in [5, 5.41) is 3.18. The van der Waals surface area contributed by atoms with Crippen LogP contribution in [0.4, 0.5) is 0 Å². The zero-order valence-corrected chi connectivity index (χ0v) is 11.7. The fourth-order valence-corrected chi connectivity index (χ4v) is 2.92. The minimum absolute atomic E-state index is 0.184. The molecule has 0 radical (unpaired) electrons. The molecule has 0 aromatic carbocycles. The Morgan fingerprint density at radius 1 is 1.28 bits per heavy atom. The lowest BCUT2D eigenvalue weighted by atomic mass is 9.87. The van der Waals surface area contributed by atoms with Crippen LogP contribution < -0.4 is 5.32 Å². The van der Waals surface area contributed by atoms with Gasteiger partial charge in [0.1, 0.15) is 0 Å². The molecule has 0 aromatic heterocycles. The molecule has 104 valence electrons. The van der Waals surface area contributed by atoms with Crippen molar-refractivity contribution >= 4 is 5.91 Å². The van der Waals surface area contributed by atoms with E-state index in [9.17, 15) is 4.79 Å². The van der Waals surface area contributed by atoms with E-state index in [2.05, 4.69) is 24.1 Å². The third-order valence-electron chi connectivity index (χ3n) is 4.07. The molecule has 0 aromatic rings. The Morgan fingerprint density at radius 3 is 2.67 bits per heavy atom. The van der Waals surface area contributed by atoms with Crippen LogP contribution in [0, 0.1) is 5.92 Å². The van der Waals surface area contributed by atoms with E-state index in [1.165, 1.54) is 12.8 Å². The van der Waals surface area contributed by atoms with Crippen LogP contribution in [0.25, 0.3) is 0 Å². The molecule has 18 heavy (non-hydrogen) atoms. The molecule has 1 saturated carbocycles. The van der Waals surface area contributed by atoms with E-state index in [1.54, 1.807) is 0 Å². The number of ether oxygens (including phenoxy) is 1. The molecule has 2 rings (SSSR count). The fourth-order valence-electron chi connectivity index (χ4n) is 2.92. The van der Waals surface area contributed by atoms with Crippen molar-refractivity contribution in [3.05, 3.63) is 0 Å². The summed E-state index contributed by atoms with van der Waals surface area (Å²) in [5.74, 6) is 1.02. The van der Waals surface area contributed by atoms with Crippen molar-refractivity contribution in [3.63, 3.8) is 0 Å². The normalized spacial score (nSPS) is 34.2. The van der Waals surface area contributed by atoms with Gasteiger partial charge in [0, 0.05) is 19.1 Å². The Balaban J connectivity index is 1.68. The van der Waals surface area contributed by atoms with Gasteiger partial charge in [-0.2, -0.15) is 0 Å². The first-order valence-corrected chi connectivity index (χ1v) is 7.27. The van der Waals surface area contributed by atoms with Crippen molar-refractivity contribution < 1.29 is 9.53 Å². The molecule has 1 amide bonds. The fraction of sp³-hybridized carbons (Fsp3) is 0.929. The van der Waals surface area contributed by atoms with Gasteiger partial charge in [-0.15, -0.1) is 0 Å². The minimum Gasteiger partial charge on any atom is -0.376 e. The van der Waals surface area contributed by atoms with Crippen molar-refractivity contribution in [1.29, 1.82) is 0 Å². The molecule has 1 aliphatic carbocycles. The van der Waals surface area contributed by atoms with Gasteiger partial charge in [0.2, 0.25) is 5.91 Å². The Labute approximate surface area is 110 Å². The lowest BCUT2D eigenvalue weighted by molar-refractivity contribution is -0.125. The number of carbonyl (C=O) groups is 1. The Hall–Kier alpha value is -0.610. The number of amides is 1. The molecule has 1 saturated heterocycles. The Kier molecular flexibility index (Phi) is 5.01. The molecule has 4 heteroatoms. The van der Waals surface area contributed by atoms with Crippen LogP contribution in [0.1, 0.15) is 39.5 Å². The van der Waals surface area contributed by atoms with Crippen molar-refractivity contribution in [3.8, 4) is 0 Å². The third-order valence-corrected chi connectivity index (χ3v) is 4.07. The molecular weight excluding hydrogens is 228 g/mol. The first-order chi connectivity index (χ1) is 8.63. The van der Waals surface area contributed by atoms with Gasteiger partial charge in [0.25, 0.3) is 0 Å². The molecule has 4 nitrogen and oxygen atoms in total. The highest BCUT2D eigenvalue weighted by Gasteiger charge is 2.22. The van der Waals surface area contributed by atoms with Crippen LogP contribution in [-0.4, -0.2) is 49.2 Å². The highest BCUT2D eigenvalue weighted by molar-refractivity contribution is 5.78. The van der Waals surface area contributed by atoms with Crippen LogP contribution in [-0.2, 0) is 9.53 Å². The maximum absolute atomic E-state index is 12.0. The summed E-state index contributed by atoms with van der Waals surface area (Å²) >= 11 is 0. The second-order valence-corrected chi connectivity index (χ2v) is 5.94. The highest BCUT2D eigenvalue weighted by Crippen LogP contribution is 2.23. The molecule has 1 atom stereocenters. The van der Waals surface area contributed by atoms with Gasteiger partial charge in [-0.25, -0.2) is 0 Å². The summed E-state index contributed by atoms with van der Waals surface area (Å²) < 4.78 is 5.48. The van der Waals surface area contributed by atoms with Crippen LogP contribution in [0.2, 0.25) is 0 Å². The first kappa shape index (κ1) is 13.8. The third kappa shape index (κ3) is 4.25. The van der Waals surface area contributed by atoms with Crippen molar-refractivity contribution in [2.24, 2.45) is 5.92 Å². The summed E-state index contributed by atoms with van der Waals surface area (Å²) in [6.07, 6.45) is 5.04. The Bertz CT molecular complexity index is 275. The predicted molar refractivity (Wildman–Crippen MR) is 71.4 cm³/mol. The van der Waals surface area contributed by atoms with Crippen LogP contribution in [0.3, 0.4) is 0 Å². The van der Waals surface area contributed by atoms with Crippen LogP contribution in [0.15, 0.2) is 0 Å². The highest BCUT2D eigenvalue weighted by atomic mass is 16.5. The van der Waals surface area contributed by atoms with Gasteiger partial charge in [0.15, 0.2) is 0 Å². The number of rotatable bonds is 3. The maximum Gasteiger partial charge on any atom is 0.234 e. The number of nitrogens with one attached hydrogen (secondary N) is 1. The zero-order valence-electron chi connectivity index (χ0n) is 11.7. The summed E-state index contributed by atoms with van der Waals surface area (Å²) in [4.78, 5) is 14.2. The molecule has 1 aliphatic heterocycles. The average molecular weight is 254 g/mol. The molecular formula is C14H26N2O2. The minimum atomic E-state index is 0.184. The number of morpholine rings is 1. The number of hydrogen-bond acceptors (Lipinski definition) is 3. The first-order valence-electron chi connectivity index (χ1n) is 7.27. The monoisotopic (exact) mass is 254 g/mol. The van der Waals surface area contributed by atoms with Crippen LogP contribution in [0.5, 0.6) is 0 Å². The topological polar surface area (TPSA) is 41.6 Å². The number of hydrogen-bond donors (Lipinski definition) is 1. The van der Waals surface area contributed by atoms with Gasteiger partial charge >= 0.3 is 0 Å². The molecule has 1 N–H and O–H groups in total. The zero-order chi connectivity index (χ0) is 13.0. The van der Waals surface area contributed by atoms with Crippen molar-refractivity contribution in [2.45, 2.75) is 51.7 Å². The van der Waals surface area contributed by atoms with Gasteiger partial charge in [-0.05, 0) is 38.5 Å². The van der Waals surface area contributed by atoms with E-state index in [-0.39, 0.29) is 12.0 Å². The van der Waals surface area contributed by atoms with Gasteiger partial charge < -0.3 is 10.1 Å². The molecule has 0 spiro atoms. The summed E-state index contributed by atoms with van der Waals surface area (Å²) in [6.45, 7) is 7.38. The molecule has 2 aliphatic rings. The number of carbonyl (C=O) groups excluding carboxylic acids is 1. The van der Waals surface area contributed by atoms with E-state index < -0.39 is 0 Å². The van der Waals surface area contributed by atoms with Gasteiger partial charge in [-0.3, -0.25) is 9.69 Å². The second kappa shape index (κ2) is 6.53. The summed E-state index contributed by atoms with van der Waals surface area (Å²) in [7, 11) is 0. The second-order valence-electron chi connectivity index (χ2n) is 5.94. The molecule has 1 unspecified atom stereocenters. The quantitative estimate of drug-likeness (QED) is 0.828. The van der Waals surface area contributed by atoms with E-state index in [4.69, 9.17) is 4.74 Å². The van der Waals surface area contributed by atoms with Gasteiger partial charge in [0.05, 0.1) is 19.3 Å². The van der Waals surface area contributed by atoms with Crippen molar-refractivity contribution in [1.82, 2.24) is 10.2 Å². The number of nitrogens with zero attached hydrogens (tertiary/aromatic N) is 1. The standard InChI is InChI=1S/C14H26N2O2/c1-11-3-5-13(6-4-11)15-14(17)10-16-7-8-18-12(2)9-16/h11-13H,3-10H2,1-2H3,(H,15,17). The largest absolute Gasteiger partial charge is 0.376 e. The maximum atomic E-state index is 12.0. The lowest BCUT2D eigenvalue weighted by Gasteiger charge is -2.32. The Morgan fingerprint density at radius 2 is 2.00 bits per heavy atom. The smallest absolute Gasteiger partial charge is 0.234 e. The van der Waals surface area contributed by atoms with E-state index in [1.807, 2.05) is 0 Å². The van der Waals surface area contributed by atoms with E-state index >= 15 is 0 Å². The molecule has 2 fully saturated rings. The lowest BCUT2D eigenvalue weighted by Crippen LogP contribution is -2.48. The molecule has 0 bridgehead atoms.